The Labute approximate surface area is 131 Å². The van der Waals surface area contributed by atoms with E-state index in [1.54, 1.807) is 6.07 Å². The highest BCUT2D eigenvalue weighted by atomic mass is 35.5. The van der Waals surface area contributed by atoms with E-state index >= 15 is 0 Å². The lowest BCUT2D eigenvalue weighted by Crippen LogP contribution is -2.16. The van der Waals surface area contributed by atoms with E-state index < -0.39 is 15.9 Å². The van der Waals surface area contributed by atoms with Crippen molar-refractivity contribution in [3.05, 3.63) is 45.8 Å². The van der Waals surface area contributed by atoms with Crippen LogP contribution in [0.1, 0.15) is 22.2 Å². The number of nitrogens with one attached hydrogen (secondary N) is 1. The van der Waals surface area contributed by atoms with Crippen molar-refractivity contribution in [2.75, 3.05) is 4.72 Å². The van der Waals surface area contributed by atoms with Gasteiger partial charge in [0.15, 0.2) is 0 Å². The molecular formula is C13H13ClN2O3S2. The molecule has 0 saturated heterocycles. The monoisotopic (exact) mass is 344 g/mol. The number of thiophene rings is 1. The summed E-state index contributed by atoms with van der Waals surface area (Å²) in [6, 6.07) is 7.35. The predicted molar refractivity (Wildman–Crippen MR) is 84.5 cm³/mol. The molecule has 0 fully saturated rings. The highest BCUT2D eigenvalue weighted by Crippen LogP contribution is 2.30. The SMILES string of the molecule is CCc1cc(C(N)=O)c(NS(=O)(=O)c2ccc(Cl)cc2)s1. The lowest BCUT2D eigenvalue weighted by Gasteiger charge is -2.07. The van der Waals surface area contributed by atoms with E-state index in [1.807, 2.05) is 6.92 Å². The number of halogens is 1. The van der Waals surface area contributed by atoms with Crippen molar-refractivity contribution in [1.82, 2.24) is 0 Å². The molecule has 1 aromatic carbocycles. The van der Waals surface area contributed by atoms with Crippen LogP contribution in [0.5, 0.6) is 0 Å². The first-order valence-electron chi connectivity index (χ1n) is 6.04. The Morgan fingerprint density at radius 2 is 1.95 bits per heavy atom. The van der Waals surface area contributed by atoms with Crippen LogP contribution in [0, 0.1) is 0 Å². The van der Waals surface area contributed by atoms with Gasteiger partial charge in [0.1, 0.15) is 5.00 Å². The van der Waals surface area contributed by atoms with Gasteiger partial charge >= 0.3 is 0 Å². The topological polar surface area (TPSA) is 89.3 Å². The first-order chi connectivity index (χ1) is 9.83. The molecule has 5 nitrogen and oxygen atoms in total. The van der Waals surface area contributed by atoms with E-state index in [1.165, 1.54) is 35.6 Å². The number of amides is 1. The maximum atomic E-state index is 12.3. The minimum Gasteiger partial charge on any atom is -0.366 e. The summed E-state index contributed by atoms with van der Waals surface area (Å²) in [7, 11) is -3.79. The zero-order chi connectivity index (χ0) is 15.6. The predicted octanol–water partition coefficient (Wildman–Crippen LogP) is 2.86. The molecule has 0 aliphatic heterocycles. The Hall–Kier alpha value is -1.57. The molecule has 1 amide bonds. The summed E-state index contributed by atoms with van der Waals surface area (Å²) in [6.07, 6.45) is 0.688. The van der Waals surface area contributed by atoms with Crippen LogP contribution in [0.3, 0.4) is 0 Å². The molecule has 0 unspecified atom stereocenters. The molecule has 0 aliphatic rings. The van der Waals surface area contributed by atoms with Crippen LogP contribution in [0.2, 0.25) is 5.02 Å². The van der Waals surface area contributed by atoms with Gasteiger partial charge in [0, 0.05) is 9.90 Å². The molecular weight excluding hydrogens is 332 g/mol. The Kier molecular flexibility index (Phi) is 4.55. The molecule has 8 heteroatoms. The highest BCUT2D eigenvalue weighted by molar-refractivity contribution is 7.93. The molecule has 0 aliphatic carbocycles. The van der Waals surface area contributed by atoms with Crippen LogP contribution in [-0.4, -0.2) is 14.3 Å². The molecule has 112 valence electrons. The second-order valence-electron chi connectivity index (χ2n) is 4.23. The maximum Gasteiger partial charge on any atom is 0.262 e. The van der Waals surface area contributed by atoms with E-state index in [0.717, 1.165) is 4.88 Å². The quantitative estimate of drug-likeness (QED) is 0.873. The van der Waals surface area contributed by atoms with Crippen LogP contribution in [0.25, 0.3) is 0 Å². The Balaban J connectivity index is 2.38. The molecule has 3 N–H and O–H groups in total. The van der Waals surface area contributed by atoms with Crippen LogP contribution in [0.4, 0.5) is 5.00 Å². The summed E-state index contributed by atoms with van der Waals surface area (Å²) in [5.74, 6) is -0.667. The van der Waals surface area contributed by atoms with Gasteiger partial charge in [-0.3, -0.25) is 9.52 Å². The van der Waals surface area contributed by atoms with E-state index in [9.17, 15) is 13.2 Å². The van der Waals surface area contributed by atoms with Crippen molar-refractivity contribution in [3.63, 3.8) is 0 Å². The Morgan fingerprint density at radius 1 is 1.33 bits per heavy atom. The summed E-state index contributed by atoms with van der Waals surface area (Å²) in [6.45, 7) is 1.91. The number of anilines is 1. The standard InChI is InChI=1S/C13H13ClN2O3S2/c1-2-9-7-11(12(15)17)13(20-9)16-21(18,19)10-5-3-8(14)4-6-10/h3-7,16H,2H2,1H3,(H2,15,17). The number of sulfonamides is 1. The van der Waals surface area contributed by atoms with E-state index in [0.29, 0.717) is 11.4 Å². The number of primary amides is 1. The number of aryl methyl sites for hydroxylation is 1. The summed E-state index contributed by atoms with van der Waals surface area (Å²) in [4.78, 5) is 12.3. The first kappa shape index (κ1) is 15.8. The molecule has 0 atom stereocenters. The molecule has 2 rings (SSSR count). The van der Waals surface area contributed by atoms with Gasteiger partial charge in [-0.2, -0.15) is 0 Å². The number of rotatable bonds is 5. The van der Waals surface area contributed by atoms with Gasteiger partial charge in [-0.05, 0) is 36.8 Å². The van der Waals surface area contributed by atoms with E-state index in [2.05, 4.69) is 4.72 Å². The fourth-order valence-corrected chi connectivity index (χ4v) is 4.11. The zero-order valence-corrected chi connectivity index (χ0v) is 13.5. The van der Waals surface area contributed by atoms with Crippen molar-refractivity contribution >= 4 is 43.9 Å². The fraction of sp³-hybridized carbons (Fsp3) is 0.154. The minimum absolute atomic E-state index is 0.0637. The molecule has 1 heterocycles. The van der Waals surface area contributed by atoms with Crippen LogP contribution >= 0.6 is 22.9 Å². The van der Waals surface area contributed by atoms with E-state index in [-0.39, 0.29) is 15.5 Å². The highest BCUT2D eigenvalue weighted by Gasteiger charge is 2.20. The summed E-state index contributed by atoms with van der Waals surface area (Å²) >= 11 is 6.93. The largest absolute Gasteiger partial charge is 0.366 e. The van der Waals surface area contributed by atoms with Gasteiger partial charge in [-0.1, -0.05) is 18.5 Å². The minimum atomic E-state index is -3.79. The van der Waals surface area contributed by atoms with Crippen molar-refractivity contribution < 1.29 is 13.2 Å². The Morgan fingerprint density at radius 3 is 2.48 bits per heavy atom. The second-order valence-corrected chi connectivity index (χ2v) is 7.49. The zero-order valence-electron chi connectivity index (χ0n) is 11.1. The average molecular weight is 345 g/mol. The van der Waals surface area contributed by atoms with Gasteiger partial charge < -0.3 is 5.73 Å². The van der Waals surface area contributed by atoms with Crippen LogP contribution < -0.4 is 10.5 Å². The van der Waals surface area contributed by atoms with Crippen molar-refractivity contribution in [3.8, 4) is 0 Å². The van der Waals surface area contributed by atoms with Crippen LogP contribution in [0.15, 0.2) is 35.2 Å². The average Bonchev–Trinajstić information content (AvgIpc) is 2.81. The van der Waals surface area contributed by atoms with Gasteiger partial charge in [0.2, 0.25) is 0 Å². The third-order valence-electron chi connectivity index (χ3n) is 2.75. The van der Waals surface area contributed by atoms with Gasteiger partial charge in [0.25, 0.3) is 15.9 Å². The summed E-state index contributed by atoms with van der Waals surface area (Å²) < 4.78 is 27.0. The Bertz CT molecular complexity index is 767. The molecule has 0 radical (unpaired) electrons. The summed E-state index contributed by atoms with van der Waals surface area (Å²) in [5.41, 5.74) is 5.45. The normalized spacial score (nSPS) is 11.3. The molecule has 0 spiro atoms. The second kappa shape index (κ2) is 6.05. The van der Waals surface area contributed by atoms with Gasteiger partial charge in [-0.15, -0.1) is 11.3 Å². The molecule has 2 aromatic rings. The number of carbonyl (C=O) groups is 1. The smallest absolute Gasteiger partial charge is 0.262 e. The van der Waals surface area contributed by atoms with Gasteiger partial charge in [-0.25, -0.2) is 8.42 Å². The molecule has 0 saturated carbocycles. The lowest BCUT2D eigenvalue weighted by atomic mass is 10.2. The first-order valence-corrected chi connectivity index (χ1v) is 8.72. The lowest BCUT2D eigenvalue weighted by molar-refractivity contribution is 0.100. The molecule has 0 bridgehead atoms. The number of benzene rings is 1. The fourth-order valence-electron chi connectivity index (χ4n) is 1.67. The van der Waals surface area contributed by atoms with Crippen molar-refractivity contribution in [1.29, 1.82) is 0 Å². The third kappa shape index (κ3) is 3.55. The van der Waals surface area contributed by atoms with Crippen molar-refractivity contribution in [2.24, 2.45) is 5.73 Å². The number of hydrogen-bond acceptors (Lipinski definition) is 4. The summed E-state index contributed by atoms with van der Waals surface area (Å²) in [5, 5.41) is 0.672. The van der Waals surface area contributed by atoms with E-state index in [4.69, 9.17) is 17.3 Å². The molecule has 21 heavy (non-hydrogen) atoms. The number of nitrogens with two attached hydrogens (primary N) is 1. The third-order valence-corrected chi connectivity index (χ3v) is 5.69. The van der Waals surface area contributed by atoms with Crippen LogP contribution in [-0.2, 0) is 16.4 Å². The van der Waals surface area contributed by atoms with Crippen molar-refractivity contribution in [2.45, 2.75) is 18.2 Å². The maximum absolute atomic E-state index is 12.3. The number of hydrogen-bond donors (Lipinski definition) is 2. The molecule has 1 aromatic heterocycles. The number of carbonyl (C=O) groups excluding carboxylic acids is 1. The van der Waals surface area contributed by atoms with Gasteiger partial charge in [0.05, 0.1) is 10.5 Å².